The van der Waals surface area contributed by atoms with E-state index in [4.69, 9.17) is 34.8 Å². The van der Waals surface area contributed by atoms with Crippen LogP contribution in [0.5, 0.6) is 0 Å². The maximum Gasteiger partial charge on any atom is 0.318 e. The Bertz CT molecular complexity index is 434. The number of hydrogen-bond acceptors (Lipinski definition) is 5. The number of aromatic nitrogens is 2. The first-order valence-corrected chi connectivity index (χ1v) is 7.32. The van der Waals surface area contributed by atoms with E-state index in [0.717, 1.165) is 11.4 Å². The monoisotopic (exact) mass is 345 g/mol. The van der Waals surface area contributed by atoms with Gasteiger partial charge in [-0.1, -0.05) is 53.1 Å². The standard InChI is InChI=1S/C9H14Cl3N5OS/c1-4-5-15-16-7(19-5)13-6(9(10,11)12)14-8(18)17(2)3/h6H,4H2,1-3H3,(H,13,16)(H,14,18). The first kappa shape index (κ1) is 16.6. The molecule has 6 nitrogen and oxygen atoms in total. The number of rotatable bonds is 4. The van der Waals surface area contributed by atoms with E-state index in [1.807, 2.05) is 6.92 Å². The van der Waals surface area contributed by atoms with Crippen LogP contribution < -0.4 is 10.6 Å². The number of urea groups is 1. The fourth-order valence-corrected chi connectivity index (χ4v) is 2.07. The Kier molecular flexibility index (Phi) is 5.91. The predicted molar refractivity (Wildman–Crippen MR) is 79.2 cm³/mol. The number of carbonyl (C=O) groups excluding carboxylic acids is 1. The Hall–Kier alpha value is -0.500. The van der Waals surface area contributed by atoms with Crippen LogP contribution in [0.25, 0.3) is 0 Å². The van der Waals surface area contributed by atoms with Gasteiger partial charge in [0.25, 0.3) is 0 Å². The van der Waals surface area contributed by atoms with Crippen LogP contribution in [0.2, 0.25) is 0 Å². The number of anilines is 1. The van der Waals surface area contributed by atoms with Gasteiger partial charge in [0.2, 0.25) is 8.92 Å². The second kappa shape index (κ2) is 6.78. The minimum atomic E-state index is -1.72. The van der Waals surface area contributed by atoms with Crippen molar-refractivity contribution < 1.29 is 4.79 Å². The topological polar surface area (TPSA) is 70.1 Å². The zero-order valence-corrected chi connectivity index (χ0v) is 13.7. The molecule has 0 spiro atoms. The molecule has 2 amide bonds. The summed E-state index contributed by atoms with van der Waals surface area (Å²) in [6.45, 7) is 1.96. The summed E-state index contributed by atoms with van der Waals surface area (Å²) in [7, 11) is 3.18. The maximum absolute atomic E-state index is 11.6. The summed E-state index contributed by atoms with van der Waals surface area (Å²) in [5.41, 5.74) is 0. The van der Waals surface area contributed by atoms with E-state index in [2.05, 4.69) is 20.8 Å². The van der Waals surface area contributed by atoms with Crippen LogP contribution in [0.4, 0.5) is 9.93 Å². The molecule has 1 rings (SSSR count). The van der Waals surface area contributed by atoms with Crippen LogP contribution in [0, 0.1) is 0 Å². The summed E-state index contributed by atoms with van der Waals surface area (Å²) in [5, 5.41) is 14.6. The van der Waals surface area contributed by atoms with Crippen LogP contribution >= 0.6 is 46.1 Å². The van der Waals surface area contributed by atoms with Crippen molar-refractivity contribution in [2.75, 3.05) is 19.4 Å². The summed E-state index contributed by atoms with van der Waals surface area (Å²) in [6.07, 6.45) is -0.146. The molecule has 108 valence electrons. The fourth-order valence-electron chi connectivity index (χ4n) is 1.03. The lowest BCUT2D eigenvalue weighted by atomic mass is 10.5. The molecule has 1 aromatic heterocycles. The maximum atomic E-state index is 11.6. The molecular formula is C9H14Cl3N5OS. The van der Waals surface area contributed by atoms with Crippen LogP contribution in [-0.4, -0.2) is 45.2 Å². The van der Waals surface area contributed by atoms with E-state index >= 15 is 0 Å². The fraction of sp³-hybridized carbons (Fsp3) is 0.667. The summed E-state index contributed by atoms with van der Waals surface area (Å²) >= 11 is 18.8. The quantitative estimate of drug-likeness (QED) is 0.649. The molecular weight excluding hydrogens is 333 g/mol. The number of aryl methyl sites for hydroxylation is 1. The largest absolute Gasteiger partial charge is 0.336 e. The van der Waals surface area contributed by atoms with Gasteiger partial charge >= 0.3 is 6.03 Å². The van der Waals surface area contributed by atoms with Crippen LogP contribution in [-0.2, 0) is 6.42 Å². The minimum Gasteiger partial charge on any atom is -0.336 e. The Morgan fingerprint density at radius 1 is 1.42 bits per heavy atom. The lowest BCUT2D eigenvalue weighted by Crippen LogP contribution is -2.52. The summed E-state index contributed by atoms with van der Waals surface area (Å²) < 4.78 is -1.72. The highest BCUT2D eigenvalue weighted by Gasteiger charge is 2.35. The number of halogens is 3. The lowest BCUT2D eigenvalue weighted by Gasteiger charge is -2.27. The first-order chi connectivity index (χ1) is 8.74. The number of nitrogens with one attached hydrogen (secondary N) is 2. The number of alkyl halides is 3. The summed E-state index contributed by atoms with van der Waals surface area (Å²) in [6, 6.07) is -0.385. The highest BCUT2D eigenvalue weighted by molar-refractivity contribution is 7.15. The molecule has 1 unspecified atom stereocenters. The molecule has 0 aliphatic carbocycles. The Morgan fingerprint density at radius 3 is 2.47 bits per heavy atom. The molecule has 10 heteroatoms. The molecule has 0 aromatic carbocycles. The molecule has 0 fully saturated rings. The van der Waals surface area contributed by atoms with Gasteiger partial charge in [-0.3, -0.25) is 0 Å². The second-order valence-corrected chi connectivity index (χ2v) is 7.25. The van der Waals surface area contributed by atoms with E-state index in [9.17, 15) is 4.79 Å². The van der Waals surface area contributed by atoms with Crippen molar-refractivity contribution in [3.8, 4) is 0 Å². The Labute approximate surface area is 130 Å². The van der Waals surface area contributed by atoms with Crippen molar-refractivity contribution in [1.82, 2.24) is 20.4 Å². The first-order valence-electron chi connectivity index (χ1n) is 5.37. The zero-order chi connectivity index (χ0) is 14.6. The van der Waals surface area contributed by atoms with Crippen molar-refractivity contribution in [2.45, 2.75) is 23.3 Å². The van der Waals surface area contributed by atoms with E-state index in [1.165, 1.54) is 16.2 Å². The van der Waals surface area contributed by atoms with Gasteiger partial charge < -0.3 is 15.5 Å². The third kappa shape index (κ3) is 5.18. The molecule has 0 saturated heterocycles. The normalized spacial score (nSPS) is 12.9. The molecule has 0 bridgehead atoms. The average Bonchev–Trinajstić information content (AvgIpc) is 2.74. The summed E-state index contributed by atoms with van der Waals surface area (Å²) in [5.74, 6) is 0. The van der Waals surface area contributed by atoms with Crippen molar-refractivity contribution in [2.24, 2.45) is 0 Å². The number of nitrogens with zero attached hydrogens (tertiary/aromatic N) is 3. The molecule has 0 radical (unpaired) electrons. The minimum absolute atomic E-state index is 0.385. The van der Waals surface area contributed by atoms with Gasteiger partial charge in [-0.2, -0.15) is 0 Å². The molecule has 0 aliphatic heterocycles. The zero-order valence-electron chi connectivity index (χ0n) is 10.6. The van der Waals surface area contributed by atoms with Gasteiger partial charge in [0.15, 0.2) is 6.17 Å². The molecule has 2 N–H and O–H groups in total. The van der Waals surface area contributed by atoms with E-state index < -0.39 is 9.96 Å². The Morgan fingerprint density at radius 2 is 2.05 bits per heavy atom. The van der Waals surface area contributed by atoms with E-state index in [1.54, 1.807) is 14.1 Å². The molecule has 1 heterocycles. The second-order valence-electron chi connectivity index (χ2n) is 3.82. The third-order valence-corrected chi connectivity index (χ3v) is 3.69. The van der Waals surface area contributed by atoms with Crippen molar-refractivity contribution in [3.05, 3.63) is 5.01 Å². The van der Waals surface area contributed by atoms with Gasteiger partial charge in [0.1, 0.15) is 5.01 Å². The summed E-state index contributed by atoms with van der Waals surface area (Å²) in [4.78, 5) is 13.0. The number of hydrogen-bond donors (Lipinski definition) is 2. The van der Waals surface area contributed by atoms with Gasteiger partial charge in [-0.05, 0) is 6.42 Å². The molecule has 1 aromatic rings. The molecule has 0 saturated carbocycles. The van der Waals surface area contributed by atoms with Crippen LogP contribution in [0.3, 0.4) is 0 Å². The van der Waals surface area contributed by atoms with Crippen LogP contribution in [0.15, 0.2) is 0 Å². The predicted octanol–water partition coefficient (Wildman–Crippen LogP) is 2.48. The van der Waals surface area contributed by atoms with E-state index in [0.29, 0.717) is 5.13 Å². The van der Waals surface area contributed by atoms with Gasteiger partial charge in [0.05, 0.1) is 0 Å². The van der Waals surface area contributed by atoms with Gasteiger partial charge in [0, 0.05) is 14.1 Å². The van der Waals surface area contributed by atoms with E-state index in [-0.39, 0.29) is 6.03 Å². The highest BCUT2D eigenvalue weighted by atomic mass is 35.6. The third-order valence-electron chi connectivity index (χ3n) is 2.04. The van der Waals surface area contributed by atoms with Gasteiger partial charge in [-0.15, -0.1) is 10.2 Å². The Balaban J connectivity index is 2.78. The average molecular weight is 347 g/mol. The number of carbonyl (C=O) groups is 1. The molecule has 19 heavy (non-hydrogen) atoms. The lowest BCUT2D eigenvalue weighted by molar-refractivity contribution is 0.214. The SMILES string of the molecule is CCc1nnc(NC(NC(=O)N(C)C)C(Cl)(Cl)Cl)s1. The van der Waals surface area contributed by atoms with Crippen LogP contribution in [0.1, 0.15) is 11.9 Å². The van der Waals surface area contributed by atoms with Crippen molar-refractivity contribution in [3.63, 3.8) is 0 Å². The molecule has 0 aliphatic rings. The van der Waals surface area contributed by atoms with Crippen molar-refractivity contribution in [1.29, 1.82) is 0 Å². The van der Waals surface area contributed by atoms with Gasteiger partial charge in [-0.25, -0.2) is 4.79 Å². The van der Waals surface area contributed by atoms with Crippen molar-refractivity contribution >= 4 is 57.3 Å². The highest BCUT2D eigenvalue weighted by Crippen LogP contribution is 2.31. The number of amides is 2. The molecule has 1 atom stereocenters. The smallest absolute Gasteiger partial charge is 0.318 e.